The van der Waals surface area contributed by atoms with E-state index in [-0.39, 0.29) is 24.6 Å². The number of amides is 4. The summed E-state index contributed by atoms with van der Waals surface area (Å²) < 4.78 is 5.17. The number of carbonyl (C=O) groups excluding carboxylic acids is 3. The van der Waals surface area contributed by atoms with Crippen molar-refractivity contribution in [2.75, 3.05) is 25.0 Å². The van der Waals surface area contributed by atoms with E-state index in [1.807, 2.05) is 13.8 Å². The molecule has 1 unspecified atom stereocenters. The van der Waals surface area contributed by atoms with Crippen LogP contribution in [0, 0.1) is 0 Å². The lowest BCUT2D eigenvalue weighted by molar-refractivity contribution is -0.139. The quantitative estimate of drug-likeness (QED) is 0.509. The smallest absolute Gasteiger partial charge is 0.341 e. The molecule has 1 atom stereocenters. The molecule has 11 nitrogen and oxygen atoms in total. The Morgan fingerprint density at radius 2 is 1.68 bits per heavy atom. The van der Waals surface area contributed by atoms with Crippen LogP contribution in [0.2, 0.25) is 0 Å². The Bertz CT molecular complexity index is 1270. The van der Waals surface area contributed by atoms with E-state index in [4.69, 9.17) is 9.84 Å². The van der Waals surface area contributed by atoms with Crippen molar-refractivity contribution in [3.05, 3.63) is 60.2 Å². The minimum Gasteiger partial charge on any atom is -0.482 e. The number of ether oxygens (including phenoxy) is 1. The Labute approximate surface area is 213 Å². The van der Waals surface area contributed by atoms with E-state index in [1.54, 1.807) is 54.6 Å². The lowest BCUT2D eigenvalue weighted by Gasteiger charge is -2.44. The Morgan fingerprint density at radius 1 is 1.00 bits per heavy atom. The average Bonchev–Trinajstić information content (AvgIpc) is 3.31. The molecule has 2 aromatic carbocycles. The van der Waals surface area contributed by atoms with Crippen molar-refractivity contribution in [2.45, 2.75) is 32.4 Å². The first-order chi connectivity index (χ1) is 17.8. The molecule has 37 heavy (non-hydrogen) atoms. The van der Waals surface area contributed by atoms with Gasteiger partial charge in [-0.15, -0.1) is 0 Å². The number of para-hydroxylation sites is 1. The molecule has 0 aromatic heterocycles. The normalized spacial score (nSPS) is 18.8. The number of fused-ring (bicyclic) bond motifs is 1. The Kier molecular flexibility index (Phi) is 7.32. The number of benzene rings is 2. The van der Waals surface area contributed by atoms with Crippen LogP contribution >= 0.6 is 0 Å². The van der Waals surface area contributed by atoms with Gasteiger partial charge in [0.15, 0.2) is 18.2 Å². The molecule has 2 N–H and O–H groups in total. The number of nitrogens with one attached hydrogen (secondary N) is 1. The minimum absolute atomic E-state index is 0.101. The van der Waals surface area contributed by atoms with Crippen LogP contribution in [0.3, 0.4) is 0 Å². The molecule has 0 saturated carbocycles. The number of rotatable bonds is 10. The number of nitrogens with zero attached hydrogens (tertiary/aromatic N) is 4. The topological polar surface area (TPSA) is 141 Å². The first-order valence-corrected chi connectivity index (χ1v) is 12.0. The van der Waals surface area contributed by atoms with Crippen molar-refractivity contribution >= 4 is 41.0 Å². The first kappa shape index (κ1) is 25.5. The number of hydrogen-bond acceptors (Lipinski definition) is 7. The van der Waals surface area contributed by atoms with Gasteiger partial charge in [-0.25, -0.2) is 19.6 Å². The van der Waals surface area contributed by atoms with Gasteiger partial charge >= 0.3 is 12.0 Å². The third-order valence-electron chi connectivity index (χ3n) is 5.83. The zero-order valence-electron chi connectivity index (χ0n) is 20.5. The van der Waals surface area contributed by atoms with E-state index in [0.717, 1.165) is 4.90 Å². The Morgan fingerprint density at radius 3 is 2.30 bits per heavy atom. The third kappa shape index (κ3) is 4.80. The summed E-state index contributed by atoms with van der Waals surface area (Å²) in [5.74, 6) is -2.02. The van der Waals surface area contributed by atoms with Crippen LogP contribution in [-0.4, -0.2) is 75.6 Å². The van der Waals surface area contributed by atoms with E-state index >= 15 is 0 Å². The van der Waals surface area contributed by atoms with Gasteiger partial charge in [0.2, 0.25) is 0 Å². The van der Waals surface area contributed by atoms with Gasteiger partial charge < -0.3 is 15.2 Å². The van der Waals surface area contributed by atoms with Gasteiger partial charge in [-0.2, -0.15) is 0 Å². The molecule has 0 spiro atoms. The number of hydrogen-bond donors (Lipinski definition) is 2. The highest BCUT2D eigenvalue weighted by atomic mass is 16.5. The van der Waals surface area contributed by atoms with Gasteiger partial charge in [0.05, 0.1) is 0 Å². The minimum atomic E-state index is -1.97. The molecule has 2 aromatic rings. The highest BCUT2D eigenvalue weighted by Gasteiger charge is 2.62. The predicted octanol–water partition coefficient (Wildman–Crippen LogP) is 2.77. The molecular formula is C26H27N5O6. The van der Waals surface area contributed by atoms with Gasteiger partial charge in [0.25, 0.3) is 17.5 Å². The Hall–Kier alpha value is -4.54. The van der Waals surface area contributed by atoms with E-state index in [9.17, 15) is 19.2 Å². The van der Waals surface area contributed by atoms with Crippen molar-refractivity contribution in [3.8, 4) is 5.75 Å². The molecule has 0 radical (unpaired) electrons. The summed E-state index contributed by atoms with van der Waals surface area (Å²) in [6.07, 6.45) is 1.06. The number of carboxylic acids is 1. The molecule has 0 bridgehead atoms. The van der Waals surface area contributed by atoms with E-state index in [2.05, 4.69) is 15.3 Å². The monoisotopic (exact) mass is 505 g/mol. The molecule has 0 aliphatic carbocycles. The number of amidine groups is 1. The van der Waals surface area contributed by atoms with Crippen molar-refractivity contribution in [1.29, 1.82) is 0 Å². The predicted molar refractivity (Wildman–Crippen MR) is 136 cm³/mol. The van der Waals surface area contributed by atoms with Gasteiger partial charge in [-0.1, -0.05) is 32.0 Å². The van der Waals surface area contributed by atoms with Crippen molar-refractivity contribution < 1.29 is 29.0 Å². The fourth-order valence-electron chi connectivity index (χ4n) is 4.20. The fraction of sp³-hybridized carbons (Fsp3) is 0.308. The molecule has 1 saturated heterocycles. The number of urea groups is 1. The van der Waals surface area contributed by atoms with E-state index in [0.29, 0.717) is 29.8 Å². The van der Waals surface area contributed by atoms with Crippen LogP contribution in [0.15, 0.2) is 64.6 Å². The molecule has 1 fully saturated rings. The molecule has 192 valence electrons. The van der Waals surface area contributed by atoms with Crippen molar-refractivity contribution in [2.24, 2.45) is 9.98 Å². The van der Waals surface area contributed by atoms with Crippen LogP contribution in [-0.2, 0) is 14.4 Å². The lowest BCUT2D eigenvalue weighted by atomic mass is 9.96. The maximum absolute atomic E-state index is 13.9. The van der Waals surface area contributed by atoms with Gasteiger partial charge in [-0.3, -0.25) is 19.4 Å². The van der Waals surface area contributed by atoms with Crippen LogP contribution < -0.4 is 10.1 Å². The maximum atomic E-state index is 13.9. The van der Waals surface area contributed by atoms with Crippen LogP contribution in [0.4, 0.5) is 10.5 Å². The second-order valence-electron chi connectivity index (χ2n) is 8.49. The highest BCUT2D eigenvalue weighted by Crippen LogP contribution is 2.35. The summed E-state index contributed by atoms with van der Waals surface area (Å²) in [5, 5.41) is 11.6. The summed E-state index contributed by atoms with van der Waals surface area (Å²) in [6, 6.07) is 14.4. The van der Waals surface area contributed by atoms with Crippen LogP contribution in [0.5, 0.6) is 5.75 Å². The molecule has 2 aliphatic heterocycles. The number of aliphatic imine (C=N–C) groups is 2. The van der Waals surface area contributed by atoms with Crippen molar-refractivity contribution in [1.82, 2.24) is 9.80 Å². The Balaban J connectivity index is 1.80. The molecular weight excluding hydrogens is 478 g/mol. The van der Waals surface area contributed by atoms with Gasteiger partial charge in [0, 0.05) is 24.3 Å². The summed E-state index contributed by atoms with van der Waals surface area (Å²) in [7, 11) is 0. The zero-order chi connectivity index (χ0) is 26.6. The maximum Gasteiger partial charge on any atom is 0.341 e. The van der Waals surface area contributed by atoms with E-state index < -0.39 is 36.1 Å². The second kappa shape index (κ2) is 10.6. The summed E-state index contributed by atoms with van der Waals surface area (Å²) >= 11 is 0. The molecule has 2 heterocycles. The summed E-state index contributed by atoms with van der Waals surface area (Å²) in [4.78, 5) is 63.2. The molecule has 4 rings (SSSR count). The highest BCUT2D eigenvalue weighted by molar-refractivity contribution is 6.54. The third-order valence-corrected chi connectivity index (χ3v) is 5.83. The fourth-order valence-corrected chi connectivity index (χ4v) is 4.20. The van der Waals surface area contributed by atoms with Gasteiger partial charge in [-0.05, 0) is 49.2 Å². The number of anilines is 1. The molecule has 4 amide bonds. The second-order valence-corrected chi connectivity index (χ2v) is 8.49. The number of carboxylic acid groups (broad SMARTS) is 1. The number of imide groups is 1. The molecule has 2 aliphatic rings. The largest absolute Gasteiger partial charge is 0.482 e. The SMILES string of the molecule is CCCN1C(=O)C2=NC(c3ccc(OCC(=O)O)cc3)=NC2(C(=O)Nc2ccccc2)N(CCC)C1=O. The standard InChI is InChI=1S/C26H27N5O6/c1-3-14-30-23(34)21-26(31(15-4-2)25(30)36,24(35)27-18-8-6-5-7-9-18)29-22(28-21)17-10-12-19(13-11-17)37-16-20(32)33/h5-13H,3-4,14-16H2,1-2H3,(H,27,35)(H,32,33). The molecule has 11 heteroatoms. The van der Waals surface area contributed by atoms with Crippen molar-refractivity contribution in [3.63, 3.8) is 0 Å². The van der Waals surface area contributed by atoms with Crippen LogP contribution in [0.1, 0.15) is 32.3 Å². The summed E-state index contributed by atoms with van der Waals surface area (Å²) in [6.45, 7) is 3.57. The average molecular weight is 506 g/mol. The lowest BCUT2D eigenvalue weighted by Crippen LogP contribution is -2.72. The zero-order valence-corrected chi connectivity index (χ0v) is 20.5. The number of carbonyl (C=O) groups is 4. The first-order valence-electron chi connectivity index (χ1n) is 12.0. The van der Waals surface area contributed by atoms with Crippen LogP contribution in [0.25, 0.3) is 0 Å². The number of aliphatic carboxylic acids is 1. The van der Waals surface area contributed by atoms with Gasteiger partial charge in [0.1, 0.15) is 5.75 Å². The summed E-state index contributed by atoms with van der Waals surface area (Å²) in [5.41, 5.74) is -1.17. The van der Waals surface area contributed by atoms with E-state index in [1.165, 1.54) is 4.90 Å².